The van der Waals surface area contributed by atoms with E-state index in [1.165, 1.54) is 263 Å². The van der Waals surface area contributed by atoms with E-state index in [9.17, 15) is 19.0 Å². The van der Waals surface area contributed by atoms with Gasteiger partial charge in [0, 0.05) is 12.8 Å². The van der Waals surface area contributed by atoms with Crippen LogP contribution in [-0.4, -0.2) is 70.0 Å². The topological polar surface area (TPSA) is 111 Å². The lowest BCUT2D eigenvalue weighted by atomic mass is 10.0. The highest BCUT2D eigenvalue weighted by Gasteiger charge is 2.22. The van der Waals surface area contributed by atoms with E-state index in [0.29, 0.717) is 17.4 Å². The number of nitrogens with zero attached hydrogens (tertiary/aromatic N) is 1. The van der Waals surface area contributed by atoms with Crippen LogP contribution < -0.4 is 4.89 Å². The Morgan fingerprint density at radius 3 is 0.867 bits per heavy atom. The van der Waals surface area contributed by atoms with Crippen LogP contribution in [-0.2, 0) is 32.7 Å². The van der Waals surface area contributed by atoms with Crippen molar-refractivity contribution in [3.63, 3.8) is 0 Å². The Morgan fingerprint density at radius 2 is 0.582 bits per heavy atom. The minimum Gasteiger partial charge on any atom is -0.756 e. The van der Waals surface area contributed by atoms with Gasteiger partial charge in [-0.25, -0.2) is 0 Å². The number of ether oxygens (including phenoxy) is 2. The van der Waals surface area contributed by atoms with Gasteiger partial charge in [-0.05, 0) is 103 Å². The maximum atomic E-state index is 12.9. The molecule has 98 heavy (non-hydrogen) atoms. The molecular weight excluding hydrogens is 1230 g/mol. The number of unbranched alkanes of at least 4 members (excludes halogenated alkanes) is 45. The van der Waals surface area contributed by atoms with Gasteiger partial charge in [-0.1, -0.05) is 380 Å². The number of phosphoric ester groups is 1. The SMILES string of the molecule is CC/C=C\C/C=C\C/C=C\C/C=C\C/C=C\C/C=C\CCCCCCCCCCCCCCCCCCC(=O)OC(COC(=O)CCCCCCCCCCCCCCCCCCCCCCCCCC/C=C\C/C=C\C/C=C\CCCCCCC)COP(=O)([O-])OCC[N+](C)(C)C. The molecule has 0 radical (unpaired) electrons. The minimum absolute atomic E-state index is 0.0317. The van der Waals surface area contributed by atoms with Gasteiger partial charge in [-0.3, -0.25) is 14.2 Å². The summed E-state index contributed by atoms with van der Waals surface area (Å²) in [6.45, 7) is 4.16. The molecule has 0 N–H and O–H groups in total. The zero-order valence-corrected chi connectivity index (χ0v) is 65.9. The second-order valence-electron chi connectivity index (χ2n) is 29.1. The van der Waals surface area contributed by atoms with E-state index >= 15 is 0 Å². The van der Waals surface area contributed by atoms with Gasteiger partial charge in [0.1, 0.15) is 19.8 Å². The first-order valence-electron chi connectivity index (χ1n) is 41.6. The van der Waals surface area contributed by atoms with Crippen molar-refractivity contribution < 1.29 is 42.1 Å². The summed E-state index contributed by atoms with van der Waals surface area (Å²) >= 11 is 0. The third-order valence-electron chi connectivity index (χ3n) is 18.3. The van der Waals surface area contributed by atoms with Gasteiger partial charge in [-0.15, -0.1) is 0 Å². The first-order chi connectivity index (χ1) is 48.0. The number of hydrogen-bond donors (Lipinski definition) is 0. The normalized spacial score (nSPS) is 13.6. The Bertz CT molecular complexity index is 2030. The van der Waals surface area contributed by atoms with Crippen LogP contribution >= 0.6 is 7.82 Å². The number of quaternary nitrogens is 1. The molecule has 10 heteroatoms. The van der Waals surface area contributed by atoms with Crippen molar-refractivity contribution in [1.82, 2.24) is 0 Å². The molecule has 0 aliphatic carbocycles. The van der Waals surface area contributed by atoms with Gasteiger partial charge < -0.3 is 27.9 Å². The number of esters is 2. The van der Waals surface area contributed by atoms with Crippen molar-refractivity contribution in [2.75, 3.05) is 47.5 Å². The summed E-state index contributed by atoms with van der Waals surface area (Å²) < 4.78 is 34.4. The van der Waals surface area contributed by atoms with Gasteiger partial charge in [0.2, 0.25) is 0 Å². The third kappa shape index (κ3) is 81.6. The fourth-order valence-electron chi connectivity index (χ4n) is 12.0. The lowest BCUT2D eigenvalue weighted by molar-refractivity contribution is -0.870. The zero-order valence-electron chi connectivity index (χ0n) is 65.0. The fourth-order valence-corrected chi connectivity index (χ4v) is 12.7. The summed E-state index contributed by atoms with van der Waals surface area (Å²) in [5.41, 5.74) is 0. The molecule has 0 aromatic rings. The van der Waals surface area contributed by atoms with Crippen LogP contribution in [0.2, 0.25) is 0 Å². The van der Waals surface area contributed by atoms with Crippen LogP contribution in [0.25, 0.3) is 0 Å². The van der Waals surface area contributed by atoms with Crippen LogP contribution in [0, 0.1) is 0 Å². The monoisotopic (exact) mass is 1390 g/mol. The van der Waals surface area contributed by atoms with Gasteiger partial charge in [-0.2, -0.15) is 0 Å². The van der Waals surface area contributed by atoms with Gasteiger partial charge in [0.15, 0.2) is 6.10 Å². The zero-order chi connectivity index (χ0) is 71.1. The molecule has 0 rings (SSSR count). The molecule has 0 aliphatic rings. The molecule has 0 saturated heterocycles. The summed E-state index contributed by atoms with van der Waals surface area (Å²) in [5.74, 6) is -0.818. The molecule has 9 nitrogen and oxygen atoms in total. The molecule has 0 aromatic carbocycles. The molecule has 0 saturated carbocycles. The van der Waals surface area contributed by atoms with E-state index in [4.69, 9.17) is 18.5 Å². The van der Waals surface area contributed by atoms with E-state index < -0.39 is 26.5 Å². The van der Waals surface area contributed by atoms with Crippen molar-refractivity contribution in [3.8, 4) is 0 Å². The number of allylic oxidation sites excluding steroid dienone is 18. The minimum atomic E-state index is -4.65. The van der Waals surface area contributed by atoms with E-state index in [2.05, 4.69) is 123 Å². The summed E-state index contributed by atoms with van der Waals surface area (Å²) in [4.78, 5) is 38.2. The molecule has 2 unspecified atom stereocenters. The van der Waals surface area contributed by atoms with E-state index in [0.717, 1.165) is 89.9 Å². The number of likely N-dealkylation sites (N-methyl/N-ethyl adjacent to an activating group) is 1. The molecular formula is C88H158NO8P. The Labute approximate surface area is 607 Å². The Hall–Kier alpha value is -3.33. The maximum Gasteiger partial charge on any atom is 0.306 e. The van der Waals surface area contributed by atoms with Crippen molar-refractivity contribution in [2.24, 2.45) is 0 Å². The summed E-state index contributed by atoms with van der Waals surface area (Å²) in [6, 6.07) is 0. The van der Waals surface area contributed by atoms with Crippen molar-refractivity contribution >= 4 is 19.8 Å². The second-order valence-corrected chi connectivity index (χ2v) is 30.5. The predicted octanol–water partition coefficient (Wildman–Crippen LogP) is 27.3. The average molecular weight is 1390 g/mol. The summed E-state index contributed by atoms with van der Waals surface area (Å²) in [7, 11) is 1.18. The van der Waals surface area contributed by atoms with Crippen molar-refractivity contribution in [1.29, 1.82) is 0 Å². The molecule has 0 fully saturated rings. The highest BCUT2D eigenvalue weighted by atomic mass is 31.2. The highest BCUT2D eigenvalue weighted by molar-refractivity contribution is 7.45. The Kier molecular flexibility index (Phi) is 75.2. The van der Waals surface area contributed by atoms with Crippen LogP contribution in [0.15, 0.2) is 109 Å². The average Bonchev–Trinajstić information content (AvgIpc) is 1.08. The predicted molar refractivity (Wildman–Crippen MR) is 425 cm³/mol. The molecule has 2 atom stereocenters. The van der Waals surface area contributed by atoms with Crippen LogP contribution in [0.5, 0.6) is 0 Å². The molecule has 568 valence electrons. The first kappa shape index (κ1) is 94.7. The number of hydrogen-bond acceptors (Lipinski definition) is 8. The second kappa shape index (κ2) is 77.8. The smallest absolute Gasteiger partial charge is 0.306 e. The van der Waals surface area contributed by atoms with Gasteiger partial charge >= 0.3 is 11.9 Å². The number of carbonyl (C=O) groups excluding carboxylic acids is 2. The highest BCUT2D eigenvalue weighted by Crippen LogP contribution is 2.38. The molecule has 0 bridgehead atoms. The van der Waals surface area contributed by atoms with Crippen LogP contribution in [0.1, 0.15) is 386 Å². The molecule has 0 aromatic heterocycles. The summed E-state index contributed by atoms with van der Waals surface area (Å²) in [6.07, 6.45) is 111. The Morgan fingerprint density at radius 1 is 0.327 bits per heavy atom. The number of carbonyl (C=O) groups is 2. The van der Waals surface area contributed by atoms with E-state index in [1.807, 2.05) is 21.1 Å². The molecule has 0 aliphatic heterocycles. The van der Waals surface area contributed by atoms with Crippen LogP contribution in [0.3, 0.4) is 0 Å². The quantitative estimate of drug-likeness (QED) is 0.0195. The third-order valence-corrected chi connectivity index (χ3v) is 19.2. The molecule has 0 spiro atoms. The first-order valence-corrected chi connectivity index (χ1v) is 43.1. The lowest BCUT2D eigenvalue weighted by Gasteiger charge is -2.28. The maximum absolute atomic E-state index is 12.9. The Balaban J connectivity index is 3.92. The number of phosphoric acid groups is 1. The molecule has 0 amide bonds. The van der Waals surface area contributed by atoms with Gasteiger partial charge in [0.25, 0.3) is 7.82 Å². The lowest BCUT2D eigenvalue weighted by Crippen LogP contribution is -2.37. The van der Waals surface area contributed by atoms with E-state index in [-0.39, 0.29) is 32.0 Å². The largest absolute Gasteiger partial charge is 0.756 e. The fraction of sp³-hybridized carbons (Fsp3) is 0.773. The summed E-state index contributed by atoms with van der Waals surface area (Å²) in [5, 5.41) is 0. The molecule has 0 heterocycles. The standard InChI is InChI=1S/C88H158NO8P/c1-6-8-10-12-14-16-18-20-22-24-26-28-30-32-34-36-38-40-42-43-44-45-47-48-50-52-54-56-58-60-62-64-66-68-70-72-74-76-78-80-87(90)94-84-86(85-96-98(92,93)95-83-82-89(3,4)5)97-88(91)81-79-77-75-73-71-69-67-65-63-61-59-57-55-53-51-49-46-41-39-37-35-33-31-29-27-25-23-21-19-17-15-13-11-9-7-2/h9,11,15,17-18,20-21,23-24,26-27,29-30,32-33,35,39,41,86H,6-8,10,12-14,16,19,22,25,28,31,34,36-38,40,42-85H2,1-5H3/b11-9-,17-15-,20-18-,23-21-,26-24-,29-27-,32-30-,35-33-,41-39-. The van der Waals surface area contributed by atoms with Gasteiger partial charge in [0.05, 0.1) is 27.7 Å². The van der Waals surface area contributed by atoms with Crippen molar-refractivity contribution in [2.45, 2.75) is 392 Å². The number of rotatable bonds is 77. The van der Waals surface area contributed by atoms with E-state index in [1.54, 1.807) is 0 Å². The van der Waals surface area contributed by atoms with Crippen LogP contribution in [0.4, 0.5) is 0 Å². The van der Waals surface area contributed by atoms with Crippen molar-refractivity contribution in [3.05, 3.63) is 109 Å².